The molecule has 0 amide bonds. The van der Waals surface area contributed by atoms with Crippen molar-refractivity contribution in [3.05, 3.63) is 18.0 Å². The molecule has 3 aliphatic rings. The molecule has 3 fully saturated rings. The van der Waals surface area contributed by atoms with Crippen LogP contribution in [0.5, 0.6) is 0 Å². The minimum absolute atomic E-state index is 0.819. The van der Waals surface area contributed by atoms with Crippen molar-refractivity contribution in [1.29, 1.82) is 0 Å². The molecule has 1 aromatic heterocycles. The predicted molar refractivity (Wildman–Crippen MR) is 120 cm³/mol. The minimum Gasteiger partial charge on any atom is -0.400 e. The quantitative estimate of drug-likeness (QED) is 0.783. The Morgan fingerprint density at radius 1 is 0.862 bits per heavy atom. The standard InChI is InChI=1S/C23H40N4.CH4O/c1-2-20-16-24-27(18-20)19-22-8-12-25(13-9-22)17-21-10-14-26(15-11-21)23-6-4-3-5-7-23;1-2/h16,18,21-23H,2-15,17,19H2,1H3;2H,1H3. The Morgan fingerprint density at radius 3 is 2.10 bits per heavy atom. The smallest absolute Gasteiger partial charge is 0.0521 e. The van der Waals surface area contributed by atoms with Gasteiger partial charge in [0, 0.05) is 32.4 Å². The maximum absolute atomic E-state index is 7.00. The highest BCUT2D eigenvalue weighted by Crippen LogP contribution is 2.28. The van der Waals surface area contributed by atoms with Gasteiger partial charge in [0.15, 0.2) is 0 Å². The third kappa shape index (κ3) is 6.80. The number of hydrogen-bond donors (Lipinski definition) is 1. The number of aromatic nitrogens is 2. The van der Waals surface area contributed by atoms with Crippen LogP contribution in [0.3, 0.4) is 0 Å². The van der Waals surface area contributed by atoms with E-state index >= 15 is 0 Å². The lowest BCUT2D eigenvalue weighted by Gasteiger charge is -2.41. The molecule has 5 heteroatoms. The molecule has 0 spiro atoms. The van der Waals surface area contributed by atoms with Crippen LogP contribution in [0.1, 0.15) is 70.3 Å². The molecule has 0 radical (unpaired) electrons. The second-order valence-corrected chi connectivity index (χ2v) is 9.44. The van der Waals surface area contributed by atoms with Crippen LogP contribution < -0.4 is 0 Å². The molecule has 1 saturated carbocycles. The largest absolute Gasteiger partial charge is 0.400 e. The molecule has 3 heterocycles. The molecule has 166 valence electrons. The lowest BCUT2D eigenvalue weighted by Crippen LogP contribution is -2.45. The Balaban J connectivity index is 0.00000117. The van der Waals surface area contributed by atoms with Crippen molar-refractivity contribution in [2.75, 3.05) is 39.8 Å². The van der Waals surface area contributed by atoms with E-state index in [1.54, 1.807) is 0 Å². The Kier molecular flexibility index (Phi) is 9.47. The molecule has 4 rings (SSSR count). The minimum atomic E-state index is 0.819. The summed E-state index contributed by atoms with van der Waals surface area (Å²) in [5.74, 6) is 1.76. The van der Waals surface area contributed by atoms with Gasteiger partial charge in [-0.3, -0.25) is 4.68 Å². The third-order valence-electron chi connectivity index (χ3n) is 7.50. The highest BCUT2D eigenvalue weighted by molar-refractivity contribution is 5.02. The van der Waals surface area contributed by atoms with E-state index in [0.29, 0.717) is 0 Å². The maximum atomic E-state index is 7.00. The fourth-order valence-corrected chi connectivity index (χ4v) is 5.62. The summed E-state index contributed by atoms with van der Waals surface area (Å²) in [7, 11) is 1.00. The average Bonchev–Trinajstić information content (AvgIpc) is 3.25. The van der Waals surface area contributed by atoms with Gasteiger partial charge in [-0.25, -0.2) is 0 Å². The third-order valence-corrected chi connectivity index (χ3v) is 7.50. The van der Waals surface area contributed by atoms with Crippen LogP contribution in [0.2, 0.25) is 0 Å². The molecule has 2 aliphatic heterocycles. The van der Waals surface area contributed by atoms with Crippen LogP contribution in [0.25, 0.3) is 0 Å². The van der Waals surface area contributed by atoms with Gasteiger partial charge in [0.1, 0.15) is 0 Å². The van der Waals surface area contributed by atoms with E-state index in [1.165, 1.54) is 96.1 Å². The van der Waals surface area contributed by atoms with E-state index in [2.05, 4.69) is 32.7 Å². The summed E-state index contributed by atoms with van der Waals surface area (Å²) >= 11 is 0. The first-order valence-corrected chi connectivity index (χ1v) is 12.2. The molecule has 1 N–H and O–H groups in total. The fourth-order valence-electron chi connectivity index (χ4n) is 5.62. The van der Waals surface area contributed by atoms with Crippen molar-refractivity contribution < 1.29 is 5.11 Å². The van der Waals surface area contributed by atoms with Crippen molar-refractivity contribution in [3.8, 4) is 0 Å². The first-order chi connectivity index (χ1) is 14.3. The Labute approximate surface area is 178 Å². The van der Waals surface area contributed by atoms with Crippen LogP contribution in [0, 0.1) is 11.8 Å². The van der Waals surface area contributed by atoms with Crippen molar-refractivity contribution in [2.24, 2.45) is 11.8 Å². The molecule has 0 bridgehead atoms. The number of rotatable bonds is 6. The number of hydrogen-bond acceptors (Lipinski definition) is 4. The first kappa shape index (κ1) is 22.8. The highest BCUT2D eigenvalue weighted by atomic mass is 16.2. The average molecular weight is 405 g/mol. The molecular formula is C24H44N4O. The van der Waals surface area contributed by atoms with Gasteiger partial charge in [0.25, 0.3) is 0 Å². The number of nitrogens with zero attached hydrogens (tertiary/aromatic N) is 4. The van der Waals surface area contributed by atoms with Crippen LogP contribution in [-0.4, -0.2) is 70.6 Å². The summed E-state index contributed by atoms with van der Waals surface area (Å²) in [5.41, 5.74) is 1.37. The maximum Gasteiger partial charge on any atom is 0.0521 e. The number of likely N-dealkylation sites (tertiary alicyclic amines) is 2. The summed E-state index contributed by atoms with van der Waals surface area (Å²) in [4.78, 5) is 5.59. The Morgan fingerprint density at radius 2 is 1.48 bits per heavy atom. The topological polar surface area (TPSA) is 44.5 Å². The fraction of sp³-hybridized carbons (Fsp3) is 0.875. The zero-order valence-electron chi connectivity index (χ0n) is 18.9. The van der Waals surface area contributed by atoms with Crippen LogP contribution in [0.4, 0.5) is 0 Å². The molecule has 1 aromatic rings. The van der Waals surface area contributed by atoms with Gasteiger partial charge in [0.2, 0.25) is 0 Å². The summed E-state index contributed by atoms with van der Waals surface area (Å²) in [6, 6.07) is 0.922. The molecule has 2 saturated heterocycles. The van der Waals surface area contributed by atoms with Crippen LogP contribution >= 0.6 is 0 Å². The second-order valence-electron chi connectivity index (χ2n) is 9.44. The summed E-state index contributed by atoms with van der Waals surface area (Å²) in [6.45, 7) is 10.0. The number of piperidine rings is 2. The normalized spacial score (nSPS) is 23.7. The van der Waals surface area contributed by atoms with Gasteiger partial charge >= 0.3 is 0 Å². The van der Waals surface area contributed by atoms with Crippen molar-refractivity contribution in [2.45, 2.75) is 83.7 Å². The van der Waals surface area contributed by atoms with Gasteiger partial charge in [-0.2, -0.15) is 5.10 Å². The summed E-state index contributed by atoms with van der Waals surface area (Å²) < 4.78 is 2.18. The van der Waals surface area contributed by atoms with Gasteiger partial charge in [-0.1, -0.05) is 26.2 Å². The summed E-state index contributed by atoms with van der Waals surface area (Å²) in [6.07, 6.45) is 18.3. The molecule has 0 aromatic carbocycles. The molecule has 1 aliphatic carbocycles. The van der Waals surface area contributed by atoms with Crippen LogP contribution in [-0.2, 0) is 13.0 Å². The van der Waals surface area contributed by atoms with Crippen molar-refractivity contribution in [3.63, 3.8) is 0 Å². The first-order valence-electron chi connectivity index (χ1n) is 12.2. The van der Waals surface area contributed by atoms with Crippen molar-refractivity contribution >= 4 is 0 Å². The number of aliphatic hydroxyl groups is 1. The molecule has 29 heavy (non-hydrogen) atoms. The van der Waals surface area contributed by atoms with E-state index in [4.69, 9.17) is 5.11 Å². The van der Waals surface area contributed by atoms with E-state index < -0.39 is 0 Å². The lowest BCUT2D eigenvalue weighted by molar-refractivity contribution is 0.0805. The molecule has 0 unspecified atom stereocenters. The van der Waals surface area contributed by atoms with Crippen molar-refractivity contribution in [1.82, 2.24) is 19.6 Å². The predicted octanol–water partition coefficient (Wildman–Crippen LogP) is 3.81. The van der Waals surface area contributed by atoms with E-state index in [1.807, 2.05) is 6.20 Å². The number of aryl methyl sites for hydroxylation is 1. The van der Waals surface area contributed by atoms with E-state index in [9.17, 15) is 0 Å². The SMILES string of the molecule is CCc1cnn(CC2CCN(CC3CCN(C4CCCCC4)CC3)CC2)c1.CO. The van der Waals surface area contributed by atoms with E-state index in [0.717, 1.165) is 38.0 Å². The molecular weight excluding hydrogens is 360 g/mol. The number of aliphatic hydroxyl groups excluding tert-OH is 1. The Hall–Kier alpha value is -0.910. The van der Waals surface area contributed by atoms with Gasteiger partial charge in [0.05, 0.1) is 6.20 Å². The van der Waals surface area contributed by atoms with Gasteiger partial charge in [-0.15, -0.1) is 0 Å². The molecule has 0 atom stereocenters. The Bertz CT molecular complexity index is 553. The van der Waals surface area contributed by atoms with Gasteiger partial charge in [-0.05, 0) is 88.5 Å². The summed E-state index contributed by atoms with van der Waals surface area (Å²) in [5, 5.41) is 11.5. The second kappa shape index (κ2) is 12.1. The monoisotopic (exact) mass is 404 g/mol. The van der Waals surface area contributed by atoms with E-state index in [-0.39, 0.29) is 0 Å². The zero-order chi connectivity index (χ0) is 20.5. The highest BCUT2D eigenvalue weighted by Gasteiger charge is 2.28. The van der Waals surface area contributed by atoms with Crippen LogP contribution in [0.15, 0.2) is 12.4 Å². The zero-order valence-corrected chi connectivity index (χ0v) is 18.9. The lowest BCUT2D eigenvalue weighted by atomic mass is 9.89. The van der Waals surface area contributed by atoms with Gasteiger partial charge < -0.3 is 14.9 Å². The molecule has 5 nitrogen and oxygen atoms in total.